The van der Waals surface area contributed by atoms with E-state index >= 15 is 0 Å². The van der Waals surface area contributed by atoms with Crippen LogP contribution in [0.5, 0.6) is 0 Å². The lowest BCUT2D eigenvalue weighted by Gasteiger charge is -2.21. The van der Waals surface area contributed by atoms with Gasteiger partial charge in [-0.05, 0) is 37.3 Å². The van der Waals surface area contributed by atoms with Crippen LogP contribution < -0.4 is 4.90 Å². The van der Waals surface area contributed by atoms with Crippen molar-refractivity contribution >= 4 is 5.82 Å². The number of hydrogen-bond donors (Lipinski definition) is 0. The highest BCUT2D eigenvalue weighted by molar-refractivity contribution is 5.37. The Balaban J connectivity index is 1.99. The Bertz CT molecular complexity index is 354. The van der Waals surface area contributed by atoms with Crippen LogP contribution in [-0.2, 0) is 0 Å². The number of hydrogen-bond acceptors (Lipinski definition) is 2. The van der Waals surface area contributed by atoms with Gasteiger partial charge in [-0.15, -0.1) is 0 Å². The number of halogens is 1. The van der Waals surface area contributed by atoms with Crippen LogP contribution in [0, 0.1) is 11.9 Å². The summed E-state index contributed by atoms with van der Waals surface area (Å²) in [7, 11) is 0. The van der Waals surface area contributed by atoms with Crippen LogP contribution >= 0.6 is 0 Å². The molecule has 2 nitrogen and oxygen atoms in total. The smallest absolute Gasteiger partial charge is 0.214 e. The van der Waals surface area contributed by atoms with Gasteiger partial charge in [0.25, 0.3) is 0 Å². The summed E-state index contributed by atoms with van der Waals surface area (Å²) in [5.41, 5.74) is 0. The van der Waals surface area contributed by atoms with Crippen molar-refractivity contribution in [3.05, 3.63) is 24.1 Å². The first-order chi connectivity index (χ1) is 8.29. The van der Waals surface area contributed by atoms with Gasteiger partial charge in [-0.25, -0.2) is 4.98 Å². The maximum atomic E-state index is 13.1. The lowest BCUT2D eigenvalue weighted by molar-refractivity contribution is 0.435. The van der Waals surface area contributed by atoms with E-state index < -0.39 is 0 Å². The number of anilines is 1. The average Bonchev–Trinajstić information content (AvgIpc) is 2.55. The molecule has 1 aromatic heterocycles. The minimum Gasteiger partial charge on any atom is -0.357 e. The summed E-state index contributed by atoms with van der Waals surface area (Å²) < 4.78 is 13.1. The van der Waals surface area contributed by atoms with Gasteiger partial charge in [0.05, 0.1) is 0 Å². The Kier molecular flexibility index (Phi) is 4.35. The van der Waals surface area contributed by atoms with Crippen molar-refractivity contribution in [1.82, 2.24) is 4.98 Å². The summed E-state index contributed by atoms with van der Waals surface area (Å²) in [6, 6.07) is 5.05. The van der Waals surface area contributed by atoms with E-state index in [-0.39, 0.29) is 5.95 Å². The summed E-state index contributed by atoms with van der Waals surface area (Å²) in [6.45, 7) is 4.27. The summed E-state index contributed by atoms with van der Waals surface area (Å²) >= 11 is 0. The normalized spacial score (nSPS) is 21.3. The van der Waals surface area contributed by atoms with Gasteiger partial charge in [-0.1, -0.05) is 25.8 Å². The molecule has 17 heavy (non-hydrogen) atoms. The summed E-state index contributed by atoms with van der Waals surface area (Å²) in [5, 5.41) is 0. The third-order valence-corrected chi connectivity index (χ3v) is 3.57. The van der Waals surface area contributed by atoms with E-state index in [1.165, 1.54) is 38.2 Å². The van der Waals surface area contributed by atoms with Crippen LogP contribution in [0.4, 0.5) is 10.2 Å². The van der Waals surface area contributed by atoms with Gasteiger partial charge in [0, 0.05) is 13.1 Å². The Hall–Kier alpha value is -1.12. The van der Waals surface area contributed by atoms with Crippen molar-refractivity contribution in [2.24, 2.45) is 5.92 Å². The largest absolute Gasteiger partial charge is 0.357 e. The van der Waals surface area contributed by atoms with Gasteiger partial charge in [0.2, 0.25) is 5.95 Å². The minimum absolute atomic E-state index is 0.378. The molecular weight excluding hydrogens is 215 g/mol. The molecule has 1 unspecified atom stereocenters. The Morgan fingerprint density at radius 1 is 1.35 bits per heavy atom. The van der Waals surface area contributed by atoms with Crippen molar-refractivity contribution < 1.29 is 4.39 Å². The van der Waals surface area contributed by atoms with Crippen LogP contribution in [0.15, 0.2) is 18.2 Å². The fraction of sp³-hybridized carbons (Fsp3) is 0.643. The molecule has 2 rings (SSSR count). The van der Waals surface area contributed by atoms with E-state index in [9.17, 15) is 4.39 Å². The highest BCUT2D eigenvalue weighted by atomic mass is 19.1. The lowest BCUT2D eigenvalue weighted by Crippen LogP contribution is -2.25. The second-order valence-electron chi connectivity index (χ2n) is 4.89. The van der Waals surface area contributed by atoms with E-state index in [0.717, 1.165) is 24.8 Å². The van der Waals surface area contributed by atoms with Crippen molar-refractivity contribution in [1.29, 1.82) is 0 Å². The van der Waals surface area contributed by atoms with Gasteiger partial charge < -0.3 is 4.90 Å². The fourth-order valence-electron chi connectivity index (χ4n) is 2.67. The maximum absolute atomic E-state index is 13.1. The number of nitrogens with zero attached hydrogens (tertiary/aromatic N) is 2. The van der Waals surface area contributed by atoms with E-state index in [1.807, 2.05) is 6.07 Å². The Labute approximate surface area is 103 Å². The number of rotatable bonds is 3. The van der Waals surface area contributed by atoms with Crippen molar-refractivity contribution in [3.8, 4) is 0 Å². The third kappa shape index (κ3) is 3.42. The van der Waals surface area contributed by atoms with Crippen LogP contribution in [0.1, 0.15) is 39.0 Å². The quantitative estimate of drug-likeness (QED) is 0.745. The lowest BCUT2D eigenvalue weighted by atomic mass is 9.96. The van der Waals surface area contributed by atoms with E-state index in [0.29, 0.717) is 0 Å². The molecular formula is C14H21FN2. The Morgan fingerprint density at radius 2 is 2.24 bits per heavy atom. The van der Waals surface area contributed by atoms with Crippen LogP contribution in [0.25, 0.3) is 0 Å². The predicted octanol–water partition coefficient (Wildman–Crippen LogP) is 3.63. The van der Waals surface area contributed by atoms with E-state index in [4.69, 9.17) is 0 Å². The molecule has 0 aliphatic carbocycles. The van der Waals surface area contributed by atoms with E-state index in [1.54, 1.807) is 6.07 Å². The fourth-order valence-corrected chi connectivity index (χ4v) is 2.67. The second-order valence-corrected chi connectivity index (χ2v) is 4.89. The molecule has 3 heteroatoms. The molecule has 0 saturated carbocycles. The minimum atomic E-state index is -0.378. The van der Waals surface area contributed by atoms with Gasteiger partial charge in [-0.3, -0.25) is 0 Å². The first-order valence-electron chi connectivity index (χ1n) is 6.67. The molecule has 0 aromatic carbocycles. The molecule has 0 N–H and O–H groups in total. The third-order valence-electron chi connectivity index (χ3n) is 3.57. The van der Waals surface area contributed by atoms with Crippen LogP contribution in [-0.4, -0.2) is 18.1 Å². The highest BCUT2D eigenvalue weighted by Crippen LogP contribution is 2.24. The zero-order chi connectivity index (χ0) is 12.1. The molecule has 0 spiro atoms. The SMILES string of the molecule is CCCC1CCCN(c2cccc(F)n2)CC1. The molecule has 1 aromatic rings. The van der Waals surface area contributed by atoms with Gasteiger partial charge in [0.1, 0.15) is 5.82 Å². The zero-order valence-corrected chi connectivity index (χ0v) is 10.5. The van der Waals surface area contributed by atoms with Crippen LogP contribution in [0.2, 0.25) is 0 Å². The molecule has 0 bridgehead atoms. The van der Waals surface area contributed by atoms with Crippen molar-refractivity contribution in [3.63, 3.8) is 0 Å². The van der Waals surface area contributed by atoms with Crippen LogP contribution in [0.3, 0.4) is 0 Å². The summed E-state index contributed by atoms with van der Waals surface area (Å²) in [5.74, 6) is 1.26. The molecule has 2 heterocycles. The average molecular weight is 236 g/mol. The molecule has 1 aliphatic heterocycles. The summed E-state index contributed by atoms with van der Waals surface area (Å²) in [4.78, 5) is 6.19. The highest BCUT2D eigenvalue weighted by Gasteiger charge is 2.17. The standard InChI is InChI=1S/C14H21FN2/c1-2-5-12-6-4-10-17(11-9-12)14-8-3-7-13(15)16-14/h3,7-8,12H,2,4-6,9-11H2,1H3. The van der Waals surface area contributed by atoms with Gasteiger partial charge in [0.15, 0.2) is 0 Å². The predicted molar refractivity (Wildman–Crippen MR) is 68.7 cm³/mol. The van der Waals surface area contributed by atoms with Crippen molar-refractivity contribution in [2.45, 2.75) is 39.0 Å². The zero-order valence-electron chi connectivity index (χ0n) is 10.5. The molecule has 1 saturated heterocycles. The Morgan fingerprint density at radius 3 is 3.00 bits per heavy atom. The monoisotopic (exact) mass is 236 g/mol. The van der Waals surface area contributed by atoms with Gasteiger partial charge >= 0.3 is 0 Å². The second kappa shape index (κ2) is 5.99. The first-order valence-corrected chi connectivity index (χ1v) is 6.67. The number of aromatic nitrogens is 1. The first kappa shape index (κ1) is 12.3. The topological polar surface area (TPSA) is 16.1 Å². The molecule has 0 amide bonds. The number of pyridine rings is 1. The van der Waals surface area contributed by atoms with E-state index in [2.05, 4.69) is 16.8 Å². The molecule has 1 aliphatic rings. The molecule has 0 radical (unpaired) electrons. The van der Waals surface area contributed by atoms with Crippen molar-refractivity contribution in [2.75, 3.05) is 18.0 Å². The molecule has 94 valence electrons. The van der Waals surface area contributed by atoms with Gasteiger partial charge in [-0.2, -0.15) is 4.39 Å². The summed E-state index contributed by atoms with van der Waals surface area (Å²) in [6.07, 6.45) is 6.31. The molecule has 1 atom stereocenters. The molecule has 1 fully saturated rings. The maximum Gasteiger partial charge on any atom is 0.214 e.